The molecule has 3 unspecified atom stereocenters. The number of carbonyl (C=O) groups excluding carboxylic acids is 2. The summed E-state index contributed by atoms with van der Waals surface area (Å²) in [5.74, 6) is -0.502. The number of aliphatic hydroxyl groups excluding tert-OH is 2. The molecule has 0 aliphatic carbocycles. The van der Waals surface area contributed by atoms with Crippen LogP contribution in [0.2, 0.25) is 0 Å². The Labute approximate surface area is 416 Å². The number of unbranched alkanes of at least 4 members (excludes halogenated alkanes) is 31. The minimum absolute atomic E-state index is 0.0575. The highest BCUT2D eigenvalue weighted by Gasteiger charge is 2.24. The van der Waals surface area contributed by atoms with Crippen molar-refractivity contribution in [1.29, 1.82) is 0 Å². The standard InChI is InChI=1S/C61H111NO5/c1-4-7-10-13-16-19-22-25-28-30-32-34-37-40-43-46-49-52-57(67-61(66)54-51-48-45-42-39-36-31-27-24-21-18-15-12-9-6-3)55-60(65)62-58(56-63)59(64)53-50-47-44-41-38-35-33-29-26-23-20-17-14-11-8-5-2/h16,18-19,21,24-25,27-28,32,34,57-59,63-64H,4-15,17,20,22-23,26,29-31,33,35-56H2,1-3H3,(H,62,65)/b19-16-,21-18+,27-24+,28-25-,34-32-. The quantitative estimate of drug-likeness (QED) is 0.0244. The third-order valence-corrected chi connectivity index (χ3v) is 13.1. The molecule has 1 amide bonds. The van der Waals surface area contributed by atoms with Crippen molar-refractivity contribution in [3.05, 3.63) is 60.8 Å². The number of hydrogen-bond acceptors (Lipinski definition) is 5. The molecule has 0 heterocycles. The minimum atomic E-state index is -0.798. The van der Waals surface area contributed by atoms with Gasteiger partial charge in [0.25, 0.3) is 0 Å². The van der Waals surface area contributed by atoms with E-state index in [1.807, 2.05) is 0 Å². The number of esters is 1. The lowest BCUT2D eigenvalue weighted by Crippen LogP contribution is -2.46. The van der Waals surface area contributed by atoms with Crippen LogP contribution in [-0.2, 0) is 14.3 Å². The monoisotopic (exact) mass is 938 g/mol. The number of carbonyl (C=O) groups is 2. The zero-order valence-corrected chi connectivity index (χ0v) is 44.5. The molecule has 0 saturated heterocycles. The topological polar surface area (TPSA) is 95.9 Å². The maximum Gasteiger partial charge on any atom is 0.306 e. The molecule has 6 heteroatoms. The van der Waals surface area contributed by atoms with Crippen molar-refractivity contribution in [2.45, 2.75) is 309 Å². The van der Waals surface area contributed by atoms with Crippen LogP contribution in [0.3, 0.4) is 0 Å². The van der Waals surface area contributed by atoms with Crippen LogP contribution in [0.1, 0.15) is 290 Å². The molecule has 0 fully saturated rings. The molecule has 0 aromatic rings. The molecular weight excluding hydrogens is 827 g/mol. The molecule has 3 atom stereocenters. The molecular formula is C61H111NO5. The summed E-state index contributed by atoms with van der Waals surface area (Å²) in [5.41, 5.74) is 0. The molecule has 0 spiro atoms. The van der Waals surface area contributed by atoms with Crippen LogP contribution in [-0.4, -0.2) is 46.9 Å². The largest absolute Gasteiger partial charge is 0.462 e. The first-order chi connectivity index (χ1) is 33.0. The lowest BCUT2D eigenvalue weighted by Gasteiger charge is -2.24. The second kappa shape index (κ2) is 54.5. The number of hydrogen-bond donors (Lipinski definition) is 3. The Morgan fingerprint density at radius 1 is 0.448 bits per heavy atom. The minimum Gasteiger partial charge on any atom is -0.462 e. The summed E-state index contributed by atoms with van der Waals surface area (Å²) < 4.78 is 5.95. The summed E-state index contributed by atoms with van der Waals surface area (Å²) in [5, 5.41) is 23.9. The van der Waals surface area contributed by atoms with Gasteiger partial charge in [-0.05, 0) is 89.9 Å². The van der Waals surface area contributed by atoms with Gasteiger partial charge in [-0.25, -0.2) is 0 Å². The molecule has 0 aromatic carbocycles. The van der Waals surface area contributed by atoms with E-state index in [0.29, 0.717) is 19.3 Å². The molecule has 0 bridgehead atoms. The van der Waals surface area contributed by atoms with Gasteiger partial charge in [0.2, 0.25) is 5.91 Å². The highest BCUT2D eigenvalue weighted by Crippen LogP contribution is 2.18. The Kier molecular flexibility index (Phi) is 52.5. The summed E-state index contributed by atoms with van der Waals surface area (Å²) in [6.45, 7) is 6.44. The predicted octanol–water partition coefficient (Wildman–Crippen LogP) is 18.0. The van der Waals surface area contributed by atoms with Gasteiger partial charge in [-0.2, -0.15) is 0 Å². The number of allylic oxidation sites excluding steroid dienone is 10. The van der Waals surface area contributed by atoms with Gasteiger partial charge < -0.3 is 20.3 Å². The van der Waals surface area contributed by atoms with Crippen molar-refractivity contribution in [3.63, 3.8) is 0 Å². The molecule has 0 rings (SSSR count). The summed E-state index contributed by atoms with van der Waals surface area (Å²) in [6.07, 6.45) is 68.5. The molecule has 0 saturated carbocycles. The molecule has 390 valence electrons. The van der Waals surface area contributed by atoms with E-state index >= 15 is 0 Å². The Morgan fingerprint density at radius 3 is 1.27 bits per heavy atom. The van der Waals surface area contributed by atoms with E-state index in [1.54, 1.807) is 0 Å². The van der Waals surface area contributed by atoms with E-state index < -0.39 is 18.2 Å². The maximum absolute atomic E-state index is 13.3. The average molecular weight is 939 g/mol. The van der Waals surface area contributed by atoms with Crippen LogP contribution < -0.4 is 5.32 Å². The van der Waals surface area contributed by atoms with Crippen molar-refractivity contribution < 1.29 is 24.5 Å². The van der Waals surface area contributed by atoms with E-state index in [9.17, 15) is 19.8 Å². The van der Waals surface area contributed by atoms with Gasteiger partial charge in [-0.3, -0.25) is 9.59 Å². The van der Waals surface area contributed by atoms with Crippen molar-refractivity contribution in [1.82, 2.24) is 5.32 Å². The number of nitrogens with one attached hydrogen (secondary N) is 1. The van der Waals surface area contributed by atoms with Gasteiger partial charge in [0.1, 0.15) is 6.10 Å². The van der Waals surface area contributed by atoms with E-state index in [-0.39, 0.29) is 24.9 Å². The average Bonchev–Trinajstić information content (AvgIpc) is 3.32. The van der Waals surface area contributed by atoms with Gasteiger partial charge in [0.05, 0.1) is 25.2 Å². The van der Waals surface area contributed by atoms with Crippen molar-refractivity contribution >= 4 is 11.9 Å². The normalized spacial score (nSPS) is 13.6. The van der Waals surface area contributed by atoms with Crippen LogP contribution in [0, 0.1) is 0 Å². The Bertz CT molecular complexity index is 1190. The predicted molar refractivity (Wildman–Crippen MR) is 292 cm³/mol. The third-order valence-electron chi connectivity index (χ3n) is 13.1. The van der Waals surface area contributed by atoms with Crippen LogP contribution in [0.25, 0.3) is 0 Å². The molecule has 0 aliphatic heterocycles. The summed E-state index contributed by atoms with van der Waals surface area (Å²) in [6, 6.07) is -0.714. The van der Waals surface area contributed by atoms with E-state index in [2.05, 4.69) is 86.8 Å². The molecule has 0 aliphatic rings. The maximum atomic E-state index is 13.3. The lowest BCUT2D eigenvalue weighted by atomic mass is 10.0. The Morgan fingerprint density at radius 2 is 0.806 bits per heavy atom. The molecule has 0 aromatic heterocycles. The molecule has 6 nitrogen and oxygen atoms in total. The summed E-state index contributed by atoms with van der Waals surface area (Å²) in [7, 11) is 0. The first-order valence-corrected chi connectivity index (χ1v) is 29.0. The summed E-state index contributed by atoms with van der Waals surface area (Å²) in [4.78, 5) is 26.3. The second-order valence-corrected chi connectivity index (χ2v) is 19.7. The zero-order valence-electron chi connectivity index (χ0n) is 44.5. The van der Waals surface area contributed by atoms with E-state index in [4.69, 9.17) is 4.74 Å². The van der Waals surface area contributed by atoms with Crippen molar-refractivity contribution in [3.8, 4) is 0 Å². The van der Waals surface area contributed by atoms with Crippen LogP contribution in [0.15, 0.2) is 60.8 Å². The fourth-order valence-electron chi connectivity index (χ4n) is 8.66. The van der Waals surface area contributed by atoms with Crippen LogP contribution in [0.4, 0.5) is 0 Å². The fraction of sp³-hybridized carbons (Fsp3) is 0.803. The number of ether oxygens (including phenoxy) is 1. The van der Waals surface area contributed by atoms with Gasteiger partial charge in [-0.1, -0.05) is 248 Å². The second-order valence-electron chi connectivity index (χ2n) is 19.7. The van der Waals surface area contributed by atoms with Gasteiger partial charge >= 0.3 is 5.97 Å². The first-order valence-electron chi connectivity index (χ1n) is 29.0. The molecule has 67 heavy (non-hydrogen) atoms. The van der Waals surface area contributed by atoms with E-state index in [0.717, 1.165) is 89.9 Å². The zero-order chi connectivity index (χ0) is 48.8. The first kappa shape index (κ1) is 64.6. The number of aliphatic hydroxyl groups is 2. The molecule has 0 radical (unpaired) electrons. The van der Waals surface area contributed by atoms with Gasteiger partial charge in [0.15, 0.2) is 0 Å². The highest BCUT2D eigenvalue weighted by atomic mass is 16.5. The Balaban J connectivity index is 4.62. The fourth-order valence-corrected chi connectivity index (χ4v) is 8.66. The number of amides is 1. The van der Waals surface area contributed by atoms with Gasteiger partial charge in [-0.15, -0.1) is 0 Å². The van der Waals surface area contributed by atoms with E-state index in [1.165, 1.54) is 154 Å². The smallest absolute Gasteiger partial charge is 0.306 e. The van der Waals surface area contributed by atoms with Crippen molar-refractivity contribution in [2.75, 3.05) is 6.61 Å². The molecule has 3 N–H and O–H groups in total. The highest BCUT2D eigenvalue weighted by molar-refractivity contribution is 5.77. The summed E-state index contributed by atoms with van der Waals surface area (Å²) >= 11 is 0. The Hall–Kier alpha value is -2.44. The van der Waals surface area contributed by atoms with Crippen LogP contribution >= 0.6 is 0 Å². The van der Waals surface area contributed by atoms with Crippen LogP contribution in [0.5, 0.6) is 0 Å². The SMILES string of the molecule is CCCCC/C=C\C/C=C\C/C=C\CCCCCCC(CC(=O)NC(CO)C(O)CCCCCCCCCCCCCCCCCC)OC(=O)CCCCCCCC/C=C/C=C/CCCCC. The van der Waals surface area contributed by atoms with Crippen molar-refractivity contribution in [2.24, 2.45) is 0 Å². The van der Waals surface area contributed by atoms with Gasteiger partial charge in [0, 0.05) is 6.42 Å². The lowest BCUT2D eigenvalue weighted by molar-refractivity contribution is -0.151. The third kappa shape index (κ3) is 49.8. The number of rotatable bonds is 52.